The third-order valence-electron chi connectivity index (χ3n) is 5.25. The number of aliphatic hydroxyl groups excluding tert-OH is 1. The van der Waals surface area contributed by atoms with E-state index in [2.05, 4.69) is 20.2 Å². The molecule has 2 aromatic rings. The van der Waals surface area contributed by atoms with Gasteiger partial charge in [-0.3, -0.25) is 4.79 Å². The van der Waals surface area contributed by atoms with Crippen LogP contribution in [0.1, 0.15) is 18.3 Å². The van der Waals surface area contributed by atoms with Gasteiger partial charge in [0.05, 0.1) is 36.8 Å². The second kappa shape index (κ2) is 8.29. The van der Waals surface area contributed by atoms with Gasteiger partial charge in [0, 0.05) is 49.7 Å². The second-order valence-corrected chi connectivity index (χ2v) is 7.57. The van der Waals surface area contributed by atoms with Crippen molar-refractivity contribution in [3.63, 3.8) is 0 Å². The Kier molecular flexibility index (Phi) is 5.56. The number of morpholine rings is 1. The Hall–Kier alpha value is -3.17. The highest BCUT2D eigenvalue weighted by atomic mass is 16.5. The van der Waals surface area contributed by atoms with E-state index >= 15 is 0 Å². The summed E-state index contributed by atoms with van der Waals surface area (Å²) in [4.78, 5) is 23.4. The number of nitrogens with one attached hydrogen (secondary N) is 1. The summed E-state index contributed by atoms with van der Waals surface area (Å²) in [7, 11) is 0. The van der Waals surface area contributed by atoms with Gasteiger partial charge in [-0.15, -0.1) is 0 Å². The van der Waals surface area contributed by atoms with Crippen molar-refractivity contribution >= 4 is 22.9 Å². The highest BCUT2D eigenvalue weighted by Crippen LogP contribution is 2.42. The Morgan fingerprint density at radius 3 is 2.73 bits per heavy atom. The van der Waals surface area contributed by atoms with E-state index in [4.69, 9.17) is 15.2 Å². The summed E-state index contributed by atoms with van der Waals surface area (Å²) in [6.45, 7) is 4.36. The molecule has 0 spiro atoms. The third-order valence-corrected chi connectivity index (χ3v) is 5.25. The van der Waals surface area contributed by atoms with Crippen molar-refractivity contribution in [3.05, 3.63) is 48.2 Å². The minimum atomic E-state index is -0.673. The summed E-state index contributed by atoms with van der Waals surface area (Å²) >= 11 is 0. The number of nitrogens with zero attached hydrogens (tertiary/aromatic N) is 3. The summed E-state index contributed by atoms with van der Waals surface area (Å²) in [6.07, 6.45) is 4.87. The molecule has 1 saturated heterocycles. The van der Waals surface area contributed by atoms with Crippen LogP contribution in [-0.2, 0) is 16.0 Å². The molecule has 158 valence electrons. The van der Waals surface area contributed by atoms with Crippen molar-refractivity contribution in [2.75, 3.05) is 43.1 Å². The Balaban J connectivity index is 1.68. The fourth-order valence-electron chi connectivity index (χ4n) is 3.69. The van der Waals surface area contributed by atoms with E-state index in [1.165, 1.54) is 6.20 Å². The van der Waals surface area contributed by atoms with Crippen molar-refractivity contribution < 1.29 is 19.4 Å². The Labute approximate surface area is 174 Å². The van der Waals surface area contributed by atoms with Gasteiger partial charge >= 0.3 is 0 Å². The van der Waals surface area contributed by atoms with Crippen LogP contribution in [0, 0.1) is 0 Å². The first-order valence-electron chi connectivity index (χ1n) is 9.83. The Morgan fingerprint density at radius 1 is 1.33 bits per heavy atom. The van der Waals surface area contributed by atoms with Crippen LogP contribution in [0.4, 0.5) is 11.4 Å². The van der Waals surface area contributed by atoms with Gasteiger partial charge in [0.15, 0.2) is 5.82 Å². The molecule has 30 heavy (non-hydrogen) atoms. The van der Waals surface area contributed by atoms with Crippen molar-refractivity contribution in [1.82, 2.24) is 9.97 Å². The van der Waals surface area contributed by atoms with Crippen LogP contribution in [0.2, 0.25) is 0 Å². The molecule has 1 unspecified atom stereocenters. The first-order valence-corrected chi connectivity index (χ1v) is 9.83. The summed E-state index contributed by atoms with van der Waals surface area (Å²) in [5, 5.41) is 12.7. The van der Waals surface area contributed by atoms with Crippen LogP contribution in [0.25, 0.3) is 5.57 Å². The molecule has 2 aliphatic rings. The van der Waals surface area contributed by atoms with Crippen LogP contribution in [0.15, 0.2) is 36.8 Å². The van der Waals surface area contributed by atoms with Crippen molar-refractivity contribution in [2.45, 2.75) is 18.9 Å². The van der Waals surface area contributed by atoms with E-state index in [0.29, 0.717) is 44.2 Å². The molecule has 1 atom stereocenters. The van der Waals surface area contributed by atoms with E-state index in [1.54, 1.807) is 18.5 Å². The van der Waals surface area contributed by atoms with Gasteiger partial charge in [-0.05, 0) is 19.1 Å². The zero-order chi connectivity index (χ0) is 21.1. The number of carbonyl (C=O) groups excluding carboxylic acids is 1. The number of aromatic nitrogens is 2. The molecule has 0 radical (unpaired) electrons. The number of carbonyl (C=O) groups is 1. The fourth-order valence-corrected chi connectivity index (χ4v) is 3.69. The molecule has 0 bridgehead atoms. The minimum absolute atomic E-state index is 0.0956. The Morgan fingerprint density at radius 2 is 2.07 bits per heavy atom. The zero-order valence-electron chi connectivity index (χ0n) is 16.8. The van der Waals surface area contributed by atoms with Crippen molar-refractivity contribution in [1.29, 1.82) is 0 Å². The number of fused-ring (bicyclic) bond motifs is 1. The van der Waals surface area contributed by atoms with Gasteiger partial charge < -0.3 is 30.5 Å². The van der Waals surface area contributed by atoms with Crippen LogP contribution >= 0.6 is 0 Å². The molecular formula is C21H25N5O4. The summed E-state index contributed by atoms with van der Waals surface area (Å²) in [6, 6.07) is 5.49. The van der Waals surface area contributed by atoms with Crippen LogP contribution in [-0.4, -0.2) is 59.5 Å². The molecule has 1 aromatic carbocycles. The molecule has 1 fully saturated rings. The predicted octanol–water partition coefficient (Wildman–Crippen LogP) is 0.937. The Bertz CT molecular complexity index is 959. The first kappa shape index (κ1) is 20.1. The van der Waals surface area contributed by atoms with E-state index < -0.39 is 11.5 Å². The number of amides is 1. The SMILES string of the molecule is CC1(CO)Cc2cc(NC(=O)/C(=C/N)c3ncccn3)c(N3CCOCC3)cc2O1. The second-order valence-electron chi connectivity index (χ2n) is 7.57. The van der Waals surface area contributed by atoms with Gasteiger partial charge in [-0.25, -0.2) is 9.97 Å². The molecule has 9 heteroatoms. The lowest BCUT2D eigenvalue weighted by Gasteiger charge is -2.31. The molecule has 4 rings (SSSR count). The number of anilines is 2. The molecule has 1 amide bonds. The maximum Gasteiger partial charge on any atom is 0.261 e. The smallest absolute Gasteiger partial charge is 0.261 e. The maximum atomic E-state index is 13.0. The van der Waals surface area contributed by atoms with Crippen molar-refractivity contribution in [3.8, 4) is 5.75 Å². The average Bonchev–Trinajstić information content (AvgIpc) is 3.11. The third kappa shape index (κ3) is 3.94. The largest absolute Gasteiger partial charge is 0.484 e. The molecule has 2 aliphatic heterocycles. The van der Waals surface area contributed by atoms with Gasteiger partial charge in [-0.2, -0.15) is 0 Å². The predicted molar refractivity (Wildman–Crippen MR) is 112 cm³/mol. The minimum Gasteiger partial charge on any atom is -0.484 e. The fraction of sp³-hybridized carbons (Fsp3) is 0.381. The van der Waals surface area contributed by atoms with Crippen LogP contribution < -0.4 is 20.7 Å². The monoisotopic (exact) mass is 411 g/mol. The highest BCUT2D eigenvalue weighted by Gasteiger charge is 2.35. The van der Waals surface area contributed by atoms with Gasteiger partial charge in [0.1, 0.15) is 11.4 Å². The van der Waals surface area contributed by atoms with E-state index in [-0.39, 0.29) is 18.0 Å². The van der Waals surface area contributed by atoms with Gasteiger partial charge in [0.2, 0.25) is 0 Å². The van der Waals surface area contributed by atoms with Crippen LogP contribution in [0.5, 0.6) is 5.75 Å². The normalized spacial score (nSPS) is 21.1. The molecule has 1 aromatic heterocycles. The van der Waals surface area contributed by atoms with Crippen molar-refractivity contribution in [2.24, 2.45) is 5.73 Å². The zero-order valence-corrected chi connectivity index (χ0v) is 16.8. The lowest BCUT2D eigenvalue weighted by Crippen LogP contribution is -2.37. The average molecular weight is 411 g/mol. The standard InChI is InChI=1S/C21H25N5O4/c1-21(13-27)11-14-9-16(17(10-18(14)30-21)26-5-7-29-8-6-26)25-20(28)15(12-22)19-23-3-2-4-24-19/h2-4,9-10,12,27H,5-8,11,13,22H2,1H3,(H,25,28)/b15-12+. The number of nitrogens with two attached hydrogens (primary N) is 1. The number of benzene rings is 1. The van der Waals surface area contributed by atoms with E-state index in [9.17, 15) is 9.90 Å². The number of hydrogen-bond donors (Lipinski definition) is 3. The molecule has 0 aliphatic carbocycles. The van der Waals surface area contributed by atoms with E-state index in [0.717, 1.165) is 11.3 Å². The maximum absolute atomic E-state index is 13.0. The molecular weight excluding hydrogens is 386 g/mol. The molecule has 0 saturated carbocycles. The first-order chi connectivity index (χ1) is 14.5. The number of aliphatic hydroxyl groups is 1. The topological polar surface area (TPSA) is 123 Å². The molecule has 4 N–H and O–H groups in total. The number of rotatable bonds is 5. The summed E-state index contributed by atoms with van der Waals surface area (Å²) in [5.74, 6) is 0.566. The number of hydrogen-bond acceptors (Lipinski definition) is 8. The van der Waals surface area contributed by atoms with E-state index in [1.807, 2.05) is 19.1 Å². The van der Waals surface area contributed by atoms with Gasteiger partial charge in [0.25, 0.3) is 5.91 Å². The molecule has 3 heterocycles. The lowest BCUT2D eigenvalue weighted by atomic mass is 9.99. The highest BCUT2D eigenvalue weighted by molar-refractivity contribution is 6.24. The summed E-state index contributed by atoms with van der Waals surface area (Å²) in [5.41, 5.74) is 7.61. The van der Waals surface area contributed by atoms with Gasteiger partial charge in [-0.1, -0.05) is 0 Å². The molecule has 9 nitrogen and oxygen atoms in total. The van der Waals surface area contributed by atoms with Crippen LogP contribution in [0.3, 0.4) is 0 Å². The lowest BCUT2D eigenvalue weighted by molar-refractivity contribution is -0.111. The number of ether oxygens (including phenoxy) is 2. The summed E-state index contributed by atoms with van der Waals surface area (Å²) < 4.78 is 11.5. The quantitative estimate of drug-likeness (QED) is 0.621.